The molecule has 9 nitrogen and oxygen atoms in total. The Morgan fingerprint density at radius 3 is 2.59 bits per heavy atom. The van der Waals surface area contributed by atoms with E-state index in [1.807, 2.05) is 30.3 Å². The van der Waals surface area contributed by atoms with Crippen molar-refractivity contribution < 1.29 is 8.42 Å². The van der Waals surface area contributed by atoms with Crippen LogP contribution in [0.3, 0.4) is 0 Å². The molecule has 0 fully saturated rings. The van der Waals surface area contributed by atoms with Gasteiger partial charge in [0.05, 0.1) is 22.1 Å². The van der Waals surface area contributed by atoms with Crippen molar-refractivity contribution >= 4 is 60.6 Å². The Bertz CT molecular complexity index is 1450. The molecule has 0 aliphatic rings. The van der Waals surface area contributed by atoms with Gasteiger partial charge in [-0.25, -0.2) is 18.1 Å². The van der Waals surface area contributed by atoms with Crippen LogP contribution in [0.25, 0.3) is 16.9 Å². The predicted octanol–water partition coefficient (Wildman–Crippen LogP) is 4.68. The van der Waals surface area contributed by atoms with Gasteiger partial charge in [0.15, 0.2) is 5.65 Å². The Hall–Kier alpha value is -2.18. The summed E-state index contributed by atoms with van der Waals surface area (Å²) >= 11 is 16.0. The number of aromatic nitrogens is 5. The van der Waals surface area contributed by atoms with Gasteiger partial charge >= 0.3 is 0 Å². The third-order valence-electron chi connectivity index (χ3n) is 5.15. The molecule has 0 unspecified atom stereocenters. The number of hydrogen-bond acceptors (Lipinski definition) is 6. The molecule has 180 valence electrons. The van der Waals surface area contributed by atoms with Crippen molar-refractivity contribution in [1.29, 1.82) is 0 Å². The van der Waals surface area contributed by atoms with Gasteiger partial charge in [-0.2, -0.15) is 14.7 Å². The fraction of sp³-hybridized carbons (Fsp3) is 0.286. The van der Waals surface area contributed by atoms with E-state index in [2.05, 4.69) is 36.2 Å². The van der Waals surface area contributed by atoms with Gasteiger partial charge in [-0.1, -0.05) is 41.4 Å². The molecule has 0 saturated heterocycles. The van der Waals surface area contributed by atoms with E-state index in [4.69, 9.17) is 28.2 Å². The first-order valence-corrected chi connectivity index (χ1v) is 13.4. The Morgan fingerprint density at radius 1 is 1.15 bits per heavy atom. The summed E-state index contributed by atoms with van der Waals surface area (Å²) in [6.07, 6.45) is 3.03. The fourth-order valence-corrected chi connectivity index (χ4v) is 5.93. The molecular weight excluding hydrogens is 565 g/mol. The van der Waals surface area contributed by atoms with Crippen LogP contribution in [0.5, 0.6) is 0 Å². The van der Waals surface area contributed by atoms with Gasteiger partial charge in [-0.3, -0.25) is 4.68 Å². The molecule has 4 rings (SSSR count). The molecule has 3 heterocycles. The molecular formula is C21H22BrCl2N7O2S. The second kappa shape index (κ2) is 10.2. The van der Waals surface area contributed by atoms with Crippen LogP contribution in [0.1, 0.15) is 18.5 Å². The molecule has 0 amide bonds. The molecule has 0 aliphatic heterocycles. The van der Waals surface area contributed by atoms with Crippen molar-refractivity contribution in [2.24, 2.45) is 7.05 Å². The SMILES string of the molecule is Cc1nn(C)c(Cl)c1S(=O)(=O)NCCCCNc1cc(-c2ccccc2Cl)nc2c(Br)cnn12. The van der Waals surface area contributed by atoms with Crippen LogP contribution in [0, 0.1) is 6.92 Å². The summed E-state index contributed by atoms with van der Waals surface area (Å²) in [7, 11) is -2.13. The maximum atomic E-state index is 12.6. The Morgan fingerprint density at radius 2 is 1.88 bits per heavy atom. The monoisotopic (exact) mass is 585 g/mol. The number of aryl methyl sites for hydroxylation is 2. The van der Waals surface area contributed by atoms with E-state index in [-0.39, 0.29) is 16.6 Å². The van der Waals surface area contributed by atoms with E-state index in [0.717, 1.165) is 28.0 Å². The second-order valence-electron chi connectivity index (χ2n) is 7.59. The van der Waals surface area contributed by atoms with Crippen molar-refractivity contribution in [1.82, 2.24) is 29.1 Å². The lowest BCUT2D eigenvalue weighted by atomic mass is 10.1. The molecule has 0 radical (unpaired) electrons. The van der Waals surface area contributed by atoms with Gasteiger partial charge in [0.25, 0.3) is 0 Å². The third-order valence-corrected chi connectivity index (χ3v) is 8.19. The minimum Gasteiger partial charge on any atom is -0.370 e. The molecule has 0 saturated carbocycles. The zero-order chi connectivity index (χ0) is 24.5. The number of hydrogen-bond donors (Lipinski definition) is 2. The van der Waals surface area contributed by atoms with Crippen LogP contribution in [0.4, 0.5) is 5.82 Å². The summed E-state index contributed by atoms with van der Waals surface area (Å²) in [5.41, 5.74) is 2.57. The van der Waals surface area contributed by atoms with Gasteiger partial charge < -0.3 is 5.32 Å². The lowest BCUT2D eigenvalue weighted by Crippen LogP contribution is -2.25. The Labute approximate surface area is 215 Å². The second-order valence-corrected chi connectivity index (χ2v) is 10.9. The van der Waals surface area contributed by atoms with Gasteiger partial charge in [0.2, 0.25) is 10.0 Å². The molecule has 0 atom stereocenters. The zero-order valence-electron chi connectivity index (χ0n) is 18.4. The number of rotatable bonds is 9. The minimum absolute atomic E-state index is 0.0188. The predicted molar refractivity (Wildman–Crippen MR) is 137 cm³/mol. The summed E-state index contributed by atoms with van der Waals surface area (Å²) in [4.78, 5) is 4.71. The van der Waals surface area contributed by atoms with Crippen molar-refractivity contribution in [3.05, 3.63) is 56.9 Å². The lowest BCUT2D eigenvalue weighted by molar-refractivity contribution is 0.577. The first-order chi connectivity index (χ1) is 16.2. The topological polar surface area (TPSA) is 106 Å². The van der Waals surface area contributed by atoms with Crippen LogP contribution in [-0.4, -0.2) is 45.9 Å². The smallest absolute Gasteiger partial charge is 0.245 e. The van der Waals surface area contributed by atoms with E-state index in [1.54, 1.807) is 24.7 Å². The van der Waals surface area contributed by atoms with Crippen LogP contribution in [0.2, 0.25) is 10.2 Å². The molecule has 34 heavy (non-hydrogen) atoms. The highest BCUT2D eigenvalue weighted by Gasteiger charge is 2.24. The third kappa shape index (κ3) is 5.08. The summed E-state index contributed by atoms with van der Waals surface area (Å²) in [6, 6.07) is 9.41. The molecule has 0 spiro atoms. The van der Waals surface area contributed by atoms with Crippen LogP contribution in [-0.2, 0) is 17.1 Å². The number of halogens is 3. The van der Waals surface area contributed by atoms with Gasteiger partial charge in [-0.15, -0.1) is 0 Å². The molecule has 0 aliphatic carbocycles. The van der Waals surface area contributed by atoms with Gasteiger partial charge in [-0.05, 0) is 41.8 Å². The molecule has 4 aromatic rings. The molecule has 0 bridgehead atoms. The van der Waals surface area contributed by atoms with Crippen LogP contribution >= 0.6 is 39.1 Å². The van der Waals surface area contributed by atoms with Crippen molar-refractivity contribution in [2.75, 3.05) is 18.4 Å². The van der Waals surface area contributed by atoms with Gasteiger partial charge in [0, 0.05) is 36.8 Å². The maximum absolute atomic E-state index is 12.6. The lowest BCUT2D eigenvalue weighted by Gasteiger charge is -2.12. The standard InChI is InChI=1S/C21H22BrCl2N7O2S/c1-13-19(20(24)30(2)29-13)34(32,33)27-10-6-5-9-25-18-11-17(14-7-3-4-8-16(14)23)28-21-15(22)12-26-31(18)21/h3-4,7-8,11-12,25,27H,5-6,9-10H2,1-2H3. The normalized spacial score (nSPS) is 11.9. The highest BCUT2D eigenvalue weighted by atomic mass is 79.9. The number of sulfonamides is 1. The van der Waals surface area contributed by atoms with Crippen molar-refractivity contribution in [3.8, 4) is 11.3 Å². The van der Waals surface area contributed by atoms with Crippen molar-refractivity contribution in [3.63, 3.8) is 0 Å². The first-order valence-electron chi connectivity index (χ1n) is 10.4. The number of unbranched alkanes of at least 4 members (excludes halogenated alkanes) is 1. The van der Waals surface area contributed by atoms with Gasteiger partial charge in [0.1, 0.15) is 15.9 Å². The molecule has 3 aromatic heterocycles. The maximum Gasteiger partial charge on any atom is 0.245 e. The number of fused-ring (bicyclic) bond motifs is 1. The molecule has 1 aromatic carbocycles. The molecule has 2 N–H and O–H groups in total. The zero-order valence-corrected chi connectivity index (χ0v) is 22.3. The first kappa shape index (κ1) is 24.9. The number of nitrogens with one attached hydrogen (secondary N) is 2. The summed E-state index contributed by atoms with van der Waals surface area (Å²) < 4.78 is 31.6. The van der Waals surface area contributed by atoms with Crippen molar-refractivity contribution in [2.45, 2.75) is 24.7 Å². The summed E-state index contributed by atoms with van der Waals surface area (Å²) in [5.74, 6) is 0.754. The number of benzene rings is 1. The largest absolute Gasteiger partial charge is 0.370 e. The summed E-state index contributed by atoms with van der Waals surface area (Å²) in [5, 5.41) is 12.5. The van der Waals surface area contributed by atoms with E-state index < -0.39 is 10.0 Å². The average Bonchev–Trinajstić information content (AvgIpc) is 3.29. The highest BCUT2D eigenvalue weighted by molar-refractivity contribution is 9.10. The highest BCUT2D eigenvalue weighted by Crippen LogP contribution is 2.30. The fourth-order valence-electron chi connectivity index (χ4n) is 3.53. The van der Waals surface area contributed by atoms with Crippen LogP contribution < -0.4 is 10.0 Å². The van der Waals surface area contributed by atoms with E-state index in [0.29, 0.717) is 29.3 Å². The minimum atomic E-state index is -3.73. The van der Waals surface area contributed by atoms with E-state index >= 15 is 0 Å². The summed E-state index contributed by atoms with van der Waals surface area (Å²) in [6.45, 7) is 2.50. The van der Waals surface area contributed by atoms with E-state index in [9.17, 15) is 8.42 Å². The number of anilines is 1. The number of nitrogens with zero attached hydrogens (tertiary/aromatic N) is 5. The molecule has 13 heteroatoms. The Kier molecular flexibility index (Phi) is 7.48. The average molecular weight is 587 g/mol. The Balaban J connectivity index is 1.40. The van der Waals surface area contributed by atoms with E-state index in [1.165, 1.54) is 4.68 Å². The van der Waals surface area contributed by atoms with Crippen LogP contribution in [0.15, 0.2) is 45.9 Å². The quantitative estimate of drug-likeness (QED) is 0.276.